The van der Waals surface area contributed by atoms with Gasteiger partial charge in [-0.3, -0.25) is 4.79 Å². The number of hydrogen-bond donors (Lipinski definition) is 1. The second-order valence-electron chi connectivity index (χ2n) is 2.76. The van der Waals surface area contributed by atoms with E-state index >= 15 is 0 Å². The molecule has 58 valence electrons. The minimum atomic E-state index is -0.689. The molecule has 0 aromatic rings. The summed E-state index contributed by atoms with van der Waals surface area (Å²) in [4.78, 5) is 10.3. The molecule has 1 aliphatic rings. The minimum absolute atomic E-state index is 0.222. The van der Waals surface area contributed by atoms with Gasteiger partial charge in [-0.15, -0.1) is 11.8 Å². The highest BCUT2D eigenvalue weighted by molar-refractivity contribution is 8.00. The molecule has 0 radical (unpaired) electrons. The van der Waals surface area contributed by atoms with Crippen LogP contribution in [-0.2, 0) is 4.79 Å². The fraction of sp³-hybridized carbons (Fsp3) is 0.857. The van der Waals surface area contributed by atoms with Crippen LogP contribution in [0.2, 0.25) is 0 Å². The topological polar surface area (TPSA) is 37.3 Å². The van der Waals surface area contributed by atoms with Crippen molar-refractivity contribution >= 4 is 17.7 Å². The monoisotopic (exact) mass is 160 g/mol. The summed E-state index contributed by atoms with van der Waals surface area (Å²) >= 11 is 1.56. The first-order valence-corrected chi connectivity index (χ1v) is 4.59. The van der Waals surface area contributed by atoms with E-state index in [2.05, 4.69) is 0 Å². The fourth-order valence-electron chi connectivity index (χ4n) is 0.636. The standard InChI is InChI=1S/C7H12O2S/c1-5(7(8)9)10-4-6-2-3-6/h5-6H,2-4H2,1H3,(H,8,9). The molecule has 1 atom stereocenters. The summed E-state index contributed by atoms with van der Waals surface area (Å²) in [5.41, 5.74) is 0. The second-order valence-corrected chi connectivity index (χ2v) is 4.13. The van der Waals surface area contributed by atoms with E-state index in [1.807, 2.05) is 0 Å². The summed E-state index contributed by atoms with van der Waals surface area (Å²) in [6.45, 7) is 1.75. The SMILES string of the molecule is CC(SCC1CC1)C(=O)O. The van der Waals surface area contributed by atoms with E-state index in [1.54, 1.807) is 18.7 Å². The zero-order chi connectivity index (χ0) is 7.56. The molecule has 0 spiro atoms. The van der Waals surface area contributed by atoms with Gasteiger partial charge in [-0.2, -0.15) is 0 Å². The maximum atomic E-state index is 10.3. The van der Waals surface area contributed by atoms with Crippen LogP contribution in [0.1, 0.15) is 19.8 Å². The molecular weight excluding hydrogens is 148 g/mol. The van der Waals surface area contributed by atoms with Crippen LogP contribution >= 0.6 is 11.8 Å². The molecule has 1 aliphatic carbocycles. The van der Waals surface area contributed by atoms with Crippen molar-refractivity contribution in [1.29, 1.82) is 0 Å². The van der Waals surface area contributed by atoms with Crippen molar-refractivity contribution < 1.29 is 9.90 Å². The number of thioether (sulfide) groups is 1. The Morgan fingerprint density at radius 1 is 1.80 bits per heavy atom. The molecule has 0 aromatic heterocycles. The van der Waals surface area contributed by atoms with Gasteiger partial charge in [0.25, 0.3) is 0 Å². The summed E-state index contributed by atoms with van der Waals surface area (Å²) in [5.74, 6) is 1.17. The minimum Gasteiger partial charge on any atom is -0.480 e. The van der Waals surface area contributed by atoms with Crippen LogP contribution in [-0.4, -0.2) is 22.1 Å². The molecular formula is C7H12O2S. The number of carboxylic acid groups (broad SMARTS) is 1. The van der Waals surface area contributed by atoms with Crippen LogP contribution in [0.25, 0.3) is 0 Å². The average molecular weight is 160 g/mol. The molecule has 1 N–H and O–H groups in total. The van der Waals surface area contributed by atoms with E-state index in [0.717, 1.165) is 11.7 Å². The normalized spacial score (nSPS) is 20.5. The van der Waals surface area contributed by atoms with Gasteiger partial charge in [0.2, 0.25) is 0 Å². The van der Waals surface area contributed by atoms with E-state index in [1.165, 1.54) is 12.8 Å². The van der Waals surface area contributed by atoms with Crippen molar-refractivity contribution in [3.05, 3.63) is 0 Å². The van der Waals surface area contributed by atoms with Crippen molar-refractivity contribution in [1.82, 2.24) is 0 Å². The third-order valence-electron chi connectivity index (χ3n) is 1.63. The number of hydrogen-bond acceptors (Lipinski definition) is 2. The van der Waals surface area contributed by atoms with Crippen LogP contribution in [0, 0.1) is 5.92 Å². The molecule has 0 aliphatic heterocycles. The molecule has 0 heterocycles. The van der Waals surface area contributed by atoms with Crippen molar-refractivity contribution in [3.8, 4) is 0 Å². The molecule has 3 heteroatoms. The number of carbonyl (C=O) groups is 1. The molecule has 0 amide bonds. The first kappa shape index (κ1) is 7.92. The maximum Gasteiger partial charge on any atom is 0.316 e. The quantitative estimate of drug-likeness (QED) is 0.678. The van der Waals surface area contributed by atoms with Gasteiger partial charge in [-0.05, 0) is 31.4 Å². The summed E-state index contributed by atoms with van der Waals surface area (Å²) < 4.78 is 0. The molecule has 2 nitrogen and oxygen atoms in total. The Hall–Kier alpha value is -0.180. The first-order valence-electron chi connectivity index (χ1n) is 3.54. The number of carboxylic acids is 1. The van der Waals surface area contributed by atoms with E-state index in [-0.39, 0.29) is 5.25 Å². The van der Waals surface area contributed by atoms with Gasteiger partial charge in [0.1, 0.15) is 0 Å². The molecule has 1 saturated carbocycles. The zero-order valence-electron chi connectivity index (χ0n) is 6.04. The average Bonchev–Trinajstić information content (AvgIpc) is 2.64. The zero-order valence-corrected chi connectivity index (χ0v) is 6.86. The van der Waals surface area contributed by atoms with Gasteiger partial charge >= 0.3 is 5.97 Å². The molecule has 1 fully saturated rings. The third kappa shape index (κ3) is 2.60. The Balaban J connectivity index is 2.05. The Labute approximate surface area is 65.0 Å². The fourth-order valence-corrected chi connectivity index (χ4v) is 1.67. The number of rotatable bonds is 4. The largest absolute Gasteiger partial charge is 0.480 e. The van der Waals surface area contributed by atoms with Crippen LogP contribution in [0.4, 0.5) is 0 Å². The van der Waals surface area contributed by atoms with Crippen LogP contribution in [0.5, 0.6) is 0 Å². The van der Waals surface area contributed by atoms with Gasteiger partial charge in [0.05, 0.1) is 5.25 Å². The van der Waals surface area contributed by atoms with Gasteiger partial charge in [0.15, 0.2) is 0 Å². The molecule has 10 heavy (non-hydrogen) atoms. The van der Waals surface area contributed by atoms with Gasteiger partial charge in [-0.25, -0.2) is 0 Å². The predicted molar refractivity (Wildman–Crippen MR) is 42.3 cm³/mol. The molecule has 0 aromatic carbocycles. The summed E-state index contributed by atoms with van der Waals surface area (Å²) in [7, 11) is 0. The smallest absolute Gasteiger partial charge is 0.316 e. The lowest BCUT2D eigenvalue weighted by molar-refractivity contribution is -0.136. The molecule has 1 rings (SSSR count). The summed E-state index contributed by atoms with van der Waals surface area (Å²) in [5, 5.41) is 8.27. The molecule has 0 bridgehead atoms. The Morgan fingerprint density at radius 3 is 2.80 bits per heavy atom. The Morgan fingerprint density at radius 2 is 2.40 bits per heavy atom. The first-order chi connectivity index (χ1) is 4.70. The lowest BCUT2D eigenvalue weighted by Crippen LogP contribution is -2.12. The summed E-state index contributed by atoms with van der Waals surface area (Å²) in [6.07, 6.45) is 2.61. The van der Waals surface area contributed by atoms with Crippen molar-refractivity contribution in [2.75, 3.05) is 5.75 Å². The second kappa shape index (κ2) is 3.28. The van der Waals surface area contributed by atoms with E-state index in [0.29, 0.717) is 0 Å². The van der Waals surface area contributed by atoms with E-state index in [4.69, 9.17) is 5.11 Å². The van der Waals surface area contributed by atoms with Gasteiger partial charge < -0.3 is 5.11 Å². The van der Waals surface area contributed by atoms with Crippen LogP contribution in [0.15, 0.2) is 0 Å². The van der Waals surface area contributed by atoms with Crippen LogP contribution < -0.4 is 0 Å². The van der Waals surface area contributed by atoms with E-state index < -0.39 is 5.97 Å². The lowest BCUT2D eigenvalue weighted by atomic mass is 10.5. The third-order valence-corrected chi connectivity index (χ3v) is 2.99. The van der Waals surface area contributed by atoms with Crippen molar-refractivity contribution in [2.45, 2.75) is 25.0 Å². The maximum absolute atomic E-state index is 10.3. The number of aliphatic carboxylic acids is 1. The molecule has 0 saturated heterocycles. The van der Waals surface area contributed by atoms with E-state index in [9.17, 15) is 4.79 Å². The Kier molecular flexibility index (Phi) is 2.60. The Bertz CT molecular complexity index is 132. The predicted octanol–water partition coefficient (Wildman–Crippen LogP) is 1.60. The summed E-state index contributed by atoms with van der Waals surface area (Å²) in [6, 6.07) is 0. The van der Waals surface area contributed by atoms with Gasteiger partial charge in [-0.1, -0.05) is 0 Å². The highest BCUT2D eigenvalue weighted by Crippen LogP contribution is 2.33. The van der Waals surface area contributed by atoms with Crippen LogP contribution in [0.3, 0.4) is 0 Å². The molecule has 1 unspecified atom stereocenters. The lowest BCUT2D eigenvalue weighted by Gasteiger charge is -2.03. The highest BCUT2D eigenvalue weighted by Gasteiger charge is 2.23. The van der Waals surface area contributed by atoms with Crippen molar-refractivity contribution in [3.63, 3.8) is 0 Å². The van der Waals surface area contributed by atoms with Crippen molar-refractivity contribution in [2.24, 2.45) is 5.92 Å². The highest BCUT2D eigenvalue weighted by atomic mass is 32.2. The van der Waals surface area contributed by atoms with Gasteiger partial charge in [0, 0.05) is 0 Å².